The maximum absolute atomic E-state index is 13.1. The van der Waals surface area contributed by atoms with Crippen molar-refractivity contribution in [1.82, 2.24) is 20.1 Å². The van der Waals surface area contributed by atoms with E-state index in [1.165, 1.54) is 29.9 Å². The molecule has 0 atom stereocenters. The molecule has 0 fully saturated rings. The van der Waals surface area contributed by atoms with Crippen molar-refractivity contribution in [1.29, 1.82) is 0 Å². The van der Waals surface area contributed by atoms with Crippen LogP contribution in [0.15, 0.2) is 41.0 Å². The number of ketones is 1. The van der Waals surface area contributed by atoms with E-state index in [2.05, 4.69) is 36.6 Å². The molecule has 160 valence electrons. The number of amides is 2. The van der Waals surface area contributed by atoms with Gasteiger partial charge in [-0.15, -0.1) is 0 Å². The molecule has 11 heteroatoms. The van der Waals surface area contributed by atoms with Crippen molar-refractivity contribution >= 4 is 62.4 Å². The molecule has 2 aromatic heterocycles. The highest BCUT2D eigenvalue weighted by Crippen LogP contribution is 2.31. The molecule has 2 amide bonds. The predicted molar refractivity (Wildman–Crippen MR) is 121 cm³/mol. The highest BCUT2D eigenvalue weighted by atomic mass is 79.9. The maximum Gasteiger partial charge on any atom is 0.274 e. The minimum absolute atomic E-state index is 0.0904. The number of nitrogens with one attached hydrogen (secondary N) is 2. The van der Waals surface area contributed by atoms with E-state index < -0.39 is 11.8 Å². The number of nitrogens with zero attached hydrogens (tertiary/aromatic N) is 3. The standard InChI is InChI=1S/C20H16BrCl2N5O3/c1-10-6-16(28(27-10)18-15(23)4-3-5-24-18)20(31)26-17-13(7-12(22)8-14(17)21)19(30)25-9-11(2)29/h3-8H,9H2,1-2H3,(H,25,30)(H,26,31). The zero-order valence-electron chi connectivity index (χ0n) is 16.4. The Hall–Kier alpha value is -2.75. The average molecular weight is 525 g/mol. The molecule has 3 aromatic rings. The number of carbonyl (C=O) groups excluding carboxylic acids is 3. The quantitative estimate of drug-likeness (QED) is 0.502. The summed E-state index contributed by atoms with van der Waals surface area (Å²) in [5.41, 5.74) is 1.01. The third-order valence-electron chi connectivity index (χ3n) is 4.04. The summed E-state index contributed by atoms with van der Waals surface area (Å²) in [7, 11) is 0. The Morgan fingerprint density at radius 1 is 1.16 bits per heavy atom. The molecule has 8 nitrogen and oxygen atoms in total. The predicted octanol–water partition coefficient (Wildman–Crippen LogP) is 4.22. The molecule has 0 saturated carbocycles. The molecule has 1 aromatic carbocycles. The second-order valence-electron chi connectivity index (χ2n) is 6.54. The van der Waals surface area contributed by atoms with Crippen LogP contribution in [0.2, 0.25) is 10.0 Å². The summed E-state index contributed by atoms with van der Waals surface area (Å²) in [5, 5.41) is 10.1. The van der Waals surface area contributed by atoms with Gasteiger partial charge in [-0.3, -0.25) is 14.4 Å². The van der Waals surface area contributed by atoms with Gasteiger partial charge in [0.1, 0.15) is 11.5 Å². The Bertz CT molecular complexity index is 1200. The summed E-state index contributed by atoms with van der Waals surface area (Å²) in [4.78, 5) is 41.1. The van der Waals surface area contributed by atoms with Gasteiger partial charge in [-0.1, -0.05) is 23.2 Å². The van der Waals surface area contributed by atoms with Gasteiger partial charge in [0, 0.05) is 15.7 Å². The van der Waals surface area contributed by atoms with E-state index in [0.29, 0.717) is 15.2 Å². The molecule has 3 rings (SSSR count). The van der Waals surface area contributed by atoms with Gasteiger partial charge >= 0.3 is 0 Å². The average Bonchev–Trinajstić information content (AvgIpc) is 3.09. The summed E-state index contributed by atoms with van der Waals surface area (Å²) in [6, 6.07) is 7.81. The van der Waals surface area contributed by atoms with Crippen LogP contribution in [-0.4, -0.2) is 38.9 Å². The molecule has 0 unspecified atom stereocenters. The number of hydrogen-bond acceptors (Lipinski definition) is 5. The first-order valence-electron chi connectivity index (χ1n) is 8.93. The third-order valence-corrected chi connectivity index (χ3v) is 5.18. The third kappa shape index (κ3) is 5.30. The van der Waals surface area contributed by atoms with Crippen LogP contribution in [0, 0.1) is 6.92 Å². The van der Waals surface area contributed by atoms with Gasteiger partial charge in [-0.05, 0) is 60.1 Å². The van der Waals surface area contributed by atoms with Crippen molar-refractivity contribution in [3.63, 3.8) is 0 Å². The molecule has 2 N–H and O–H groups in total. The van der Waals surface area contributed by atoms with Gasteiger partial charge in [0.2, 0.25) is 0 Å². The zero-order valence-corrected chi connectivity index (χ0v) is 19.5. The summed E-state index contributed by atoms with van der Waals surface area (Å²) >= 11 is 15.6. The lowest BCUT2D eigenvalue weighted by atomic mass is 10.1. The van der Waals surface area contributed by atoms with Crippen LogP contribution in [0.3, 0.4) is 0 Å². The Kier molecular flexibility index (Phi) is 7.09. The van der Waals surface area contributed by atoms with Crippen LogP contribution in [0.5, 0.6) is 0 Å². The minimum atomic E-state index is -0.564. The van der Waals surface area contributed by atoms with Crippen LogP contribution in [0.4, 0.5) is 5.69 Å². The van der Waals surface area contributed by atoms with Gasteiger partial charge < -0.3 is 10.6 Å². The van der Waals surface area contributed by atoms with Gasteiger partial charge in [0.05, 0.1) is 28.5 Å². The summed E-state index contributed by atoms with van der Waals surface area (Å²) < 4.78 is 1.71. The number of pyridine rings is 1. The van der Waals surface area contributed by atoms with Crippen molar-refractivity contribution in [2.75, 3.05) is 11.9 Å². The Morgan fingerprint density at radius 2 is 1.90 bits per heavy atom. The number of carbonyl (C=O) groups is 3. The number of hydrogen-bond donors (Lipinski definition) is 2. The normalized spacial score (nSPS) is 10.6. The van der Waals surface area contributed by atoms with Crippen molar-refractivity contribution < 1.29 is 14.4 Å². The molecular formula is C20H16BrCl2N5O3. The first kappa shape index (κ1) is 22.9. The fourth-order valence-corrected chi connectivity index (χ4v) is 3.82. The van der Waals surface area contributed by atoms with E-state index in [1.54, 1.807) is 25.1 Å². The second kappa shape index (κ2) is 9.59. The van der Waals surface area contributed by atoms with Crippen molar-refractivity contribution in [3.8, 4) is 5.82 Å². The topological polar surface area (TPSA) is 106 Å². The van der Waals surface area contributed by atoms with E-state index in [0.717, 1.165) is 0 Å². The van der Waals surface area contributed by atoms with Gasteiger partial charge in [0.15, 0.2) is 5.82 Å². The lowest BCUT2D eigenvalue weighted by molar-refractivity contribution is -0.116. The number of rotatable bonds is 6. The smallest absolute Gasteiger partial charge is 0.274 e. The SMILES string of the molecule is CC(=O)CNC(=O)c1cc(Cl)cc(Br)c1NC(=O)c1cc(C)nn1-c1ncccc1Cl. The fraction of sp³-hybridized carbons (Fsp3) is 0.150. The second-order valence-corrected chi connectivity index (χ2v) is 8.24. The molecule has 0 aliphatic carbocycles. The van der Waals surface area contributed by atoms with E-state index in [9.17, 15) is 14.4 Å². The number of anilines is 1. The van der Waals surface area contributed by atoms with Crippen LogP contribution in [0.25, 0.3) is 5.82 Å². The number of benzene rings is 1. The molecule has 0 radical (unpaired) electrons. The molecule has 2 heterocycles. The first-order valence-corrected chi connectivity index (χ1v) is 10.5. The molecule has 0 aliphatic heterocycles. The lowest BCUT2D eigenvalue weighted by Crippen LogP contribution is -2.29. The van der Waals surface area contributed by atoms with Crippen LogP contribution >= 0.6 is 39.1 Å². The highest BCUT2D eigenvalue weighted by Gasteiger charge is 2.22. The van der Waals surface area contributed by atoms with E-state index >= 15 is 0 Å². The lowest BCUT2D eigenvalue weighted by Gasteiger charge is -2.14. The fourth-order valence-electron chi connectivity index (χ4n) is 2.71. The van der Waals surface area contributed by atoms with Crippen LogP contribution in [-0.2, 0) is 4.79 Å². The molecule has 0 aliphatic rings. The van der Waals surface area contributed by atoms with E-state index in [4.69, 9.17) is 23.2 Å². The number of Topliss-reactive ketones (excluding diaryl/α,β-unsaturated/α-hetero) is 1. The summed E-state index contributed by atoms with van der Waals surface area (Å²) in [5.74, 6) is -1.04. The number of halogens is 3. The van der Waals surface area contributed by atoms with Crippen molar-refractivity contribution in [2.24, 2.45) is 0 Å². The maximum atomic E-state index is 13.1. The summed E-state index contributed by atoms with van der Waals surface area (Å²) in [6.07, 6.45) is 1.53. The molecular weight excluding hydrogens is 509 g/mol. The van der Waals surface area contributed by atoms with Gasteiger partial charge in [-0.25, -0.2) is 9.67 Å². The zero-order chi connectivity index (χ0) is 22.7. The molecule has 0 spiro atoms. The monoisotopic (exact) mass is 523 g/mol. The first-order chi connectivity index (χ1) is 14.7. The van der Waals surface area contributed by atoms with E-state index in [-0.39, 0.29) is 40.1 Å². The largest absolute Gasteiger partial charge is 0.345 e. The van der Waals surface area contributed by atoms with Crippen molar-refractivity contribution in [2.45, 2.75) is 13.8 Å². The summed E-state index contributed by atoms with van der Waals surface area (Å²) in [6.45, 7) is 2.92. The van der Waals surface area contributed by atoms with Crippen molar-refractivity contribution in [3.05, 3.63) is 68.0 Å². The molecule has 31 heavy (non-hydrogen) atoms. The highest BCUT2D eigenvalue weighted by molar-refractivity contribution is 9.10. The van der Waals surface area contributed by atoms with Gasteiger partial charge in [0.25, 0.3) is 11.8 Å². The molecule has 0 saturated heterocycles. The number of aromatic nitrogens is 3. The van der Waals surface area contributed by atoms with Crippen LogP contribution in [0.1, 0.15) is 33.5 Å². The Morgan fingerprint density at radius 3 is 2.58 bits per heavy atom. The Labute approximate surface area is 196 Å². The minimum Gasteiger partial charge on any atom is -0.345 e. The molecule has 0 bridgehead atoms. The van der Waals surface area contributed by atoms with E-state index in [1.807, 2.05) is 0 Å². The number of aryl methyl sites for hydroxylation is 1. The van der Waals surface area contributed by atoms with Gasteiger partial charge in [-0.2, -0.15) is 5.10 Å². The Balaban J connectivity index is 1.99. The van der Waals surface area contributed by atoms with Crippen LogP contribution < -0.4 is 10.6 Å².